The molecular formula is C5H7N3S. The molecule has 0 spiro atoms. The van der Waals surface area contributed by atoms with Crippen molar-refractivity contribution < 1.29 is 0 Å². The molecule has 1 heterocycles. The average Bonchev–Trinajstić information content (AvgIpc) is 2.17. The van der Waals surface area contributed by atoms with Crippen LogP contribution in [0.15, 0.2) is 4.99 Å². The molecule has 0 aromatic carbocycles. The zero-order chi connectivity index (χ0) is 6.69. The predicted octanol–water partition coefficient (Wildman–Crippen LogP) is 0.895. The molecule has 0 N–H and O–H groups in total. The highest BCUT2D eigenvalue weighted by Crippen LogP contribution is 1.98. The lowest BCUT2D eigenvalue weighted by molar-refractivity contribution is 1.22. The molecule has 1 rings (SSSR count). The molecule has 0 amide bonds. The molecule has 1 aromatic heterocycles. The van der Waals surface area contributed by atoms with Crippen LogP contribution in [0, 0.1) is 6.92 Å². The van der Waals surface area contributed by atoms with Crippen LogP contribution in [0.2, 0.25) is 0 Å². The van der Waals surface area contributed by atoms with Crippen molar-refractivity contribution in [2.24, 2.45) is 4.99 Å². The quantitative estimate of drug-likeness (QED) is 0.545. The standard InChI is InChI=1S/C5H7N3S/c1-4-7-5(3-6-2)8-9-4/h3H,1-2H3. The Hall–Kier alpha value is -0.770. The van der Waals surface area contributed by atoms with Gasteiger partial charge in [-0.1, -0.05) is 0 Å². The molecule has 0 aliphatic carbocycles. The molecule has 0 saturated carbocycles. The maximum atomic E-state index is 4.06. The van der Waals surface area contributed by atoms with Crippen LogP contribution in [0.4, 0.5) is 0 Å². The van der Waals surface area contributed by atoms with Gasteiger partial charge in [0, 0.05) is 7.05 Å². The first-order valence-electron chi connectivity index (χ1n) is 2.55. The van der Waals surface area contributed by atoms with Gasteiger partial charge in [0.25, 0.3) is 0 Å². The van der Waals surface area contributed by atoms with Crippen molar-refractivity contribution in [1.82, 2.24) is 9.36 Å². The largest absolute Gasteiger partial charge is 0.293 e. The minimum Gasteiger partial charge on any atom is -0.293 e. The minimum absolute atomic E-state index is 0.708. The van der Waals surface area contributed by atoms with E-state index in [9.17, 15) is 0 Å². The van der Waals surface area contributed by atoms with Crippen molar-refractivity contribution in [2.75, 3.05) is 7.05 Å². The number of rotatable bonds is 1. The molecule has 0 saturated heterocycles. The Balaban J connectivity index is 2.85. The summed E-state index contributed by atoms with van der Waals surface area (Å²) in [7, 11) is 1.70. The van der Waals surface area contributed by atoms with Crippen LogP contribution in [0.5, 0.6) is 0 Å². The van der Waals surface area contributed by atoms with Crippen molar-refractivity contribution >= 4 is 17.7 Å². The summed E-state index contributed by atoms with van der Waals surface area (Å²) in [5.41, 5.74) is 0. The number of nitrogens with zero attached hydrogens (tertiary/aromatic N) is 3. The lowest BCUT2D eigenvalue weighted by Gasteiger charge is -1.73. The summed E-state index contributed by atoms with van der Waals surface area (Å²) in [5.74, 6) is 0.708. The van der Waals surface area contributed by atoms with Crippen molar-refractivity contribution in [3.8, 4) is 0 Å². The SMILES string of the molecule is CN=Cc1nsc(C)n1. The zero-order valence-electron chi connectivity index (χ0n) is 5.33. The van der Waals surface area contributed by atoms with Gasteiger partial charge in [0.05, 0.1) is 6.21 Å². The Morgan fingerprint density at radius 2 is 2.44 bits per heavy atom. The van der Waals surface area contributed by atoms with E-state index in [0.29, 0.717) is 5.82 Å². The smallest absolute Gasteiger partial charge is 0.183 e. The number of hydrogen-bond acceptors (Lipinski definition) is 4. The highest BCUT2D eigenvalue weighted by atomic mass is 32.1. The van der Waals surface area contributed by atoms with E-state index < -0.39 is 0 Å². The molecule has 9 heavy (non-hydrogen) atoms. The molecule has 0 bridgehead atoms. The molecule has 4 heteroatoms. The second kappa shape index (κ2) is 2.68. The van der Waals surface area contributed by atoms with E-state index in [-0.39, 0.29) is 0 Å². The maximum absolute atomic E-state index is 4.06. The molecule has 0 radical (unpaired) electrons. The second-order valence-electron chi connectivity index (χ2n) is 1.56. The third-order valence-corrected chi connectivity index (χ3v) is 1.42. The van der Waals surface area contributed by atoms with Gasteiger partial charge in [-0.15, -0.1) is 0 Å². The highest BCUT2D eigenvalue weighted by Gasteiger charge is 1.92. The van der Waals surface area contributed by atoms with E-state index >= 15 is 0 Å². The van der Waals surface area contributed by atoms with E-state index in [4.69, 9.17) is 0 Å². The van der Waals surface area contributed by atoms with E-state index in [0.717, 1.165) is 5.01 Å². The third-order valence-electron chi connectivity index (χ3n) is 0.788. The van der Waals surface area contributed by atoms with Crippen molar-refractivity contribution in [3.63, 3.8) is 0 Å². The van der Waals surface area contributed by atoms with Gasteiger partial charge in [0.15, 0.2) is 5.82 Å². The van der Waals surface area contributed by atoms with Crippen LogP contribution in [0.1, 0.15) is 10.8 Å². The molecule has 0 aliphatic rings. The topological polar surface area (TPSA) is 38.1 Å². The second-order valence-corrected chi connectivity index (χ2v) is 2.51. The van der Waals surface area contributed by atoms with E-state index in [1.807, 2.05) is 6.92 Å². The third kappa shape index (κ3) is 1.57. The molecule has 0 unspecified atom stereocenters. The minimum atomic E-state index is 0.708. The summed E-state index contributed by atoms with van der Waals surface area (Å²) in [4.78, 5) is 7.83. The summed E-state index contributed by atoms with van der Waals surface area (Å²) >= 11 is 1.39. The van der Waals surface area contributed by atoms with Crippen molar-refractivity contribution in [2.45, 2.75) is 6.92 Å². The summed E-state index contributed by atoms with van der Waals surface area (Å²) in [5, 5.41) is 0.977. The highest BCUT2D eigenvalue weighted by molar-refractivity contribution is 7.05. The maximum Gasteiger partial charge on any atom is 0.183 e. The molecule has 0 fully saturated rings. The van der Waals surface area contributed by atoms with E-state index in [1.165, 1.54) is 11.5 Å². The first kappa shape index (κ1) is 6.35. The Morgan fingerprint density at radius 3 is 2.89 bits per heavy atom. The Morgan fingerprint density at radius 1 is 1.67 bits per heavy atom. The summed E-state index contributed by atoms with van der Waals surface area (Å²) < 4.78 is 3.99. The molecule has 0 atom stereocenters. The Labute approximate surface area is 57.6 Å². The Kier molecular flexibility index (Phi) is 1.89. The van der Waals surface area contributed by atoms with E-state index in [1.54, 1.807) is 13.3 Å². The van der Waals surface area contributed by atoms with Gasteiger partial charge in [-0.2, -0.15) is 4.37 Å². The van der Waals surface area contributed by atoms with Gasteiger partial charge in [0.1, 0.15) is 5.01 Å². The molecule has 0 aliphatic heterocycles. The first-order chi connectivity index (χ1) is 4.33. The molecular weight excluding hydrogens is 134 g/mol. The fraction of sp³-hybridized carbons (Fsp3) is 0.400. The van der Waals surface area contributed by atoms with Crippen LogP contribution >= 0.6 is 11.5 Å². The fourth-order valence-electron chi connectivity index (χ4n) is 0.483. The van der Waals surface area contributed by atoms with Crippen LogP contribution in [-0.2, 0) is 0 Å². The molecule has 3 nitrogen and oxygen atoms in total. The normalized spacial score (nSPS) is 10.9. The molecule has 1 aromatic rings. The van der Waals surface area contributed by atoms with Crippen molar-refractivity contribution in [3.05, 3.63) is 10.8 Å². The van der Waals surface area contributed by atoms with E-state index in [2.05, 4.69) is 14.3 Å². The number of aryl methyl sites for hydroxylation is 1. The number of aromatic nitrogens is 2. The van der Waals surface area contributed by atoms with Gasteiger partial charge in [0.2, 0.25) is 0 Å². The van der Waals surface area contributed by atoms with Crippen molar-refractivity contribution in [1.29, 1.82) is 0 Å². The molecule has 48 valence electrons. The van der Waals surface area contributed by atoms with Gasteiger partial charge < -0.3 is 0 Å². The van der Waals surface area contributed by atoms with Gasteiger partial charge >= 0.3 is 0 Å². The predicted molar refractivity (Wildman–Crippen MR) is 38.2 cm³/mol. The number of aliphatic imine (C=N–C) groups is 1. The lowest BCUT2D eigenvalue weighted by Crippen LogP contribution is -1.82. The van der Waals surface area contributed by atoms with Gasteiger partial charge in [-0.05, 0) is 18.5 Å². The average molecular weight is 141 g/mol. The monoisotopic (exact) mass is 141 g/mol. The van der Waals surface area contributed by atoms with Crippen LogP contribution in [-0.4, -0.2) is 22.6 Å². The van der Waals surface area contributed by atoms with Crippen LogP contribution in [0.3, 0.4) is 0 Å². The Bertz CT molecular complexity index is 216. The van der Waals surface area contributed by atoms with Gasteiger partial charge in [-0.3, -0.25) is 4.99 Å². The van der Waals surface area contributed by atoms with Crippen LogP contribution < -0.4 is 0 Å². The summed E-state index contributed by atoms with van der Waals surface area (Å²) in [6, 6.07) is 0. The lowest BCUT2D eigenvalue weighted by atomic mass is 10.7. The van der Waals surface area contributed by atoms with Gasteiger partial charge in [-0.25, -0.2) is 4.98 Å². The first-order valence-corrected chi connectivity index (χ1v) is 3.33. The fourth-order valence-corrected chi connectivity index (χ4v) is 0.931. The summed E-state index contributed by atoms with van der Waals surface area (Å²) in [6.07, 6.45) is 1.64. The van der Waals surface area contributed by atoms with Crippen LogP contribution in [0.25, 0.3) is 0 Å². The zero-order valence-corrected chi connectivity index (χ0v) is 6.14. The summed E-state index contributed by atoms with van der Waals surface area (Å²) in [6.45, 7) is 1.92. The number of hydrogen-bond donors (Lipinski definition) is 0.